The van der Waals surface area contributed by atoms with Crippen LogP contribution < -0.4 is 10.2 Å². The second-order valence-electron chi connectivity index (χ2n) is 4.99. The smallest absolute Gasteiger partial charge is 0.128 e. The van der Waals surface area contributed by atoms with E-state index in [0.717, 1.165) is 37.1 Å². The van der Waals surface area contributed by atoms with Gasteiger partial charge < -0.3 is 10.2 Å². The summed E-state index contributed by atoms with van der Waals surface area (Å²) in [4.78, 5) is 6.97. The fourth-order valence-electron chi connectivity index (χ4n) is 1.95. The van der Waals surface area contributed by atoms with Gasteiger partial charge in [0.05, 0.1) is 5.69 Å². The van der Waals surface area contributed by atoms with E-state index in [1.165, 1.54) is 19.3 Å². The van der Waals surface area contributed by atoms with Crippen LogP contribution in [-0.4, -0.2) is 25.1 Å². The molecule has 1 N–H and O–H groups in total. The molecule has 0 unspecified atom stereocenters. The van der Waals surface area contributed by atoms with Gasteiger partial charge in [-0.3, -0.25) is 0 Å². The van der Waals surface area contributed by atoms with Gasteiger partial charge in [0.25, 0.3) is 0 Å². The molecule has 2 rings (SSSR count). The summed E-state index contributed by atoms with van der Waals surface area (Å²) in [6.07, 6.45) is 3.95. The van der Waals surface area contributed by atoms with E-state index in [2.05, 4.69) is 47.4 Å². The zero-order chi connectivity index (χ0) is 12.1. The molecule has 1 aromatic rings. The second-order valence-corrected chi connectivity index (χ2v) is 4.99. The maximum Gasteiger partial charge on any atom is 0.128 e. The molecule has 1 fully saturated rings. The summed E-state index contributed by atoms with van der Waals surface area (Å²) in [5, 5.41) is 3.39. The van der Waals surface area contributed by atoms with Crippen molar-refractivity contribution < 1.29 is 0 Å². The first kappa shape index (κ1) is 12.4. The number of hydrogen-bond acceptors (Lipinski definition) is 3. The highest BCUT2D eigenvalue weighted by atomic mass is 15.2. The van der Waals surface area contributed by atoms with Crippen molar-refractivity contribution in [3.05, 3.63) is 23.9 Å². The molecule has 0 aliphatic heterocycles. The molecule has 1 aliphatic carbocycles. The van der Waals surface area contributed by atoms with E-state index in [1.54, 1.807) is 0 Å². The number of aromatic nitrogens is 1. The summed E-state index contributed by atoms with van der Waals surface area (Å²) in [6.45, 7) is 5.27. The Balaban J connectivity index is 1.90. The lowest BCUT2D eigenvalue weighted by Gasteiger charge is -2.18. The van der Waals surface area contributed by atoms with Crippen molar-refractivity contribution in [3.8, 4) is 0 Å². The Morgan fingerprint density at radius 3 is 2.94 bits per heavy atom. The van der Waals surface area contributed by atoms with E-state index in [0.29, 0.717) is 0 Å². The fourth-order valence-corrected chi connectivity index (χ4v) is 1.95. The topological polar surface area (TPSA) is 28.2 Å². The highest BCUT2D eigenvalue weighted by Crippen LogP contribution is 2.30. The average Bonchev–Trinajstić information content (AvgIpc) is 3.14. The van der Waals surface area contributed by atoms with Crippen LogP contribution in [0.2, 0.25) is 0 Å². The Hall–Kier alpha value is -1.09. The molecule has 0 saturated heterocycles. The molecule has 3 nitrogen and oxygen atoms in total. The molecule has 0 radical (unpaired) electrons. The minimum absolute atomic E-state index is 0.874. The van der Waals surface area contributed by atoms with E-state index >= 15 is 0 Å². The molecule has 0 amide bonds. The SMILES string of the molecule is CCCNCc1cccc(N(C)CC2CC2)n1. The Morgan fingerprint density at radius 1 is 1.41 bits per heavy atom. The minimum atomic E-state index is 0.874. The van der Waals surface area contributed by atoms with Crippen LogP contribution in [0.1, 0.15) is 31.9 Å². The summed E-state index contributed by atoms with van der Waals surface area (Å²) >= 11 is 0. The number of nitrogens with one attached hydrogen (secondary N) is 1. The molecule has 94 valence electrons. The molecule has 0 atom stereocenters. The van der Waals surface area contributed by atoms with E-state index in [1.807, 2.05) is 0 Å². The monoisotopic (exact) mass is 233 g/mol. The Labute approximate surface area is 104 Å². The maximum atomic E-state index is 4.69. The first-order chi connectivity index (χ1) is 8.29. The third kappa shape index (κ3) is 4.00. The largest absolute Gasteiger partial charge is 0.359 e. The van der Waals surface area contributed by atoms with Crippen LogP contribution in [-0.2, 0) is 6.54 Å². The number of anilines is 1. The van der Waals surface area contributed by atoms with Gasteiger partial charge in [0.2, 0.25) is 0 Å². The van der Waals surface area contributed by atoms with Crippen molar-refractivity contribution in [2.75, 3.05) is 25.0 Å². The normalized spacial score (nSPS) is 14.9. The fraction of sp³-hybridized carbons (Fsp3) is 0.643. The van der Waals surface area contributed by atoms with Crippen LogP contribution in [0.5, 0.6) is 0 Å². The van der Waals surface area contributed by atoms with E-state index in [9.17, 15) is 0 Å². The standard InChI is InChI=1S/C14H23N3/c1-3-9-15-10-13-5-4-6-14(16-13)17(2)11-12-7-8-12/h4-6,12,15H,3,7-11H2,1-2H3. The molecule has 0 aromatic carbocycles. The third-order valence-corrected chi connectivity index (χ3v) is 3.15. The minimum Gasteiger partial charge on any atom is -0.359 e. The van der Waals surface area contributed by atoms with Crippen molar-refractivity contribution in [2.45, 2.75) is 32.7 Å². The van der Waals surface area contributed by atoms with Gasteiger partial charge in [-0.2, -0.15) is 0 Å². The first-order valence-electron chi connectivity index (χ1n) is 6.67. The second kappa shape index (κ2) is 6.01. The van der Waals surface area contributed by atoms with Crippen LogP contribution in [0.3, 0.4) is 0 Å². The quantitative estimate of drug-likeness (QED) is 0.733. The Morgan fingerprint density at radius 2 is 2.24 bits per heavy atom. The molecule has 1 aromatic heterocycles. The van der Waals surface area contributed by atoms with Crippen LogP contribution in [0, 0.1) is 5.92 Å². The van der Waals surface area contributed by atoms with Crippen molar-refractivity contribution >= 4 is 5.82 Å². The number of pyridine rings is 1. The van der Waals surface area contributed by atoms with Gasteiger partial charge >= 0.3 is 0 Å². The van der Waals surface area contributed by atoms with E-state index in [4.69, 9.17) is 0 Å². The molecular weight excluding hydrogens is 210 g/mol. The van der Waals surface area contributed by atoms with Crippen LogP contribution in [0.4, 0.5) is 5.82 Å². The highest BCUT2D eigenvalue weighted by Gasteiger charge is 2.23. The Kier molecular flexibility index (Phi) is 4.37. The van der Waals surface area contributed by atoms with Crippen molar-refractivity contribution in [2.24, 2.45) is 5.92 Å². The number of rotatable bonds is 7. The molecule has 17 heavy (non-hydrogen) atoms. The average molecular weight is 233 g/mol. The van der Waals surface area contributed by atoms with Gasteiger partial charge in [-0.05, 0) is 43.9 Å². The van der Waals surface area contributed by atoms with Gasteiger partial charge in [-0.15, -0.1) is 0 Å². The van der Waals surface area contributed by atoms with Gasteiger partial charge in [0, 0.05) is 20.1 Å². The zero-order valence-electron chi connectivity index (χ0n) is 10.9. The summed E-state index contributed by atoms with van der Waals surface area (Å²) in [5.41, 5.74) is 1.14. The predicted molar refractivity (Wildman–Crippen MR) is 72.2 cm³/mol. The maximum absolute atomic E-state index is 4.69. The van der Waals surface area contributed by atoms with E-state index < -0.39 is 0 Å². The summed E-state index contributed by atoms with van der Waals surface area (Å²) < 4.78 is 0. The van der Waals surface area contributed by atoms with Crippen LogP contribution in [0.25, 0.3) is 0 Å². The van der Waals surface area contributed by atoms with Crippen molar-refractivity contribution in [3.63, 3.8) is 0 Å². The van der Waals surface area contributed by atoms with Gasteiger partial charge in [0.15, 0.2) is 0 Å². The molecule has 0 spiro atoms. The Bertz CT molecular complexity index is 347. The van der Waals surface area contributed by atoms with Gasteiger partial charge in [-0.1, -0.05) is 13.0 Å². The summed E-state index contributed by atoms with van der Waals surface area (Å²) in [7, 11) is 2.14. The highest BCUT2D eigenvalue weighted by molar-refractivity contribution is 5.38. The van der Waals surface area contributed by atoms with Crippen molar-refractivity contribution in [1.29, 1.82) is 0 Å². The third-order valence-electron chi connectivity index (χ3n) is 3.15. The zero-order valence-corrected chi connectivity index (χ0v) is 10.9. The molecular formula is C14H23N3. The lowest BCUT2D eigenvalue weighted by Crippen LogP contribution is -2.22. The lowest BCUT2D eigenvalue weighted by molar-refractivity contribution is 0.662. The van der Waals surface area contributed by atoms with Crippen LogP contribution in [0.15, 0.2) is 18.2 Å². The summed E-state index contributed by atoms with van der Waals surface area (Å²) in [6, 6.07) is 6.30. The first-order valence-corrected chi connectivity index (χ1v) is 6.67. The number of hydrogen-bond donors (Lipinski definition) is 1. The van der Waals surface area contributed by atoms with Gasteiger partial charge in [-0.25, -0.2) is 4.98 Å². The molecule has 1 saturated carbocycles. The van der Waals surface area contributed by atoms with Crippen molar-refractivity contribution in [1.82, 2.24) is 10.3 Å². The molecule has 3 heteroatoms. The van der Waals surface area contributed by atoms with Gasteiger partial charge in [0.1, 0.15) is 5.82 Å². The molecule has 1 aliphatic rings. The summed E-state index contributed by atoms with van der Waals surface area (Å²) in [5.74, 6) is 2.01. The van der Waals surface area contributed by atoms with E-state index in [-0.39, 0.29) is 0 Å². The number of nitrogens with zero attached hydrogens (tertiary/aromatic N) is 2. The lowest BCUT2D eigenvalue weighted by atomic mass is 10.3. The van der Waals surface area contributed by atoms with Crippen LogP contribution >= 0.6 is 0 Å². The predicted octanol–water partition coefficient (Wildman–Crippen LogP) is 2.43. The molecule has 1 heterocycles. The molecule has 0 bridgehead atoms.